The lowest BCUT2D eigenvalue weighted by Crippen LogP contribution is -1.88. The average molecular weight is 308 g/mol. The number of para-hydroxylation sites is 2. The van der Waals surface area contributed by atoms with Crippen molar-refractivity contribution in [2.45, 2.75) is 17.8 Å². The van der Waals surface area contributed by atoms with Gasteiger partial charge in [-0.25, -0.2) is 0 Å². The molecule has 2 heterocycles. The molecule has 2 aromatic carbocycles. The van der Waals surface area contributed by atoms with E-state index in [0.717, 1.165) is 22.2 Å². The van der Waals surface area contributed by atoms with Crippen molar-refractivity contribution in [2.75, 3.05) is 0 Å². The number of nitrogens with zero attached hydrogens (tertiary/aromatic N) is 4. The molecule has 0 saturated heterocycles. The number of hydrogen-bond donors (Lipinski definition) is 0. The van der Waals surface area contributed by atoms with Crippen molar-refractivity contribution in [3.05, 3.63) is 59.7 Å². The van der Waals surface area contributed by atoms with Crippen molar-refractivity contribution in [3.63, 3.8) is 0 Å². The zero-order valence-electron chi connectivity index (χ0n) is 12.5. The van der Waals surface area contributed by atoms with E-state index >= 15 is 0 Å². The first-order valence-corrected chi connectivity index (χ1v) is 8.19. The van der Waals surface area contributed by atoms with E-state index in [9.17, 15) is 0 Å². The molecule has 4 aromatic rings. The normalized spacial score (nSPS) is 11.5. The van der Waals surface area contributed by atoms with E-state index in [1.807, 2.05) is 13.1 Å². The Morgan fingerprint density at radius 3 is 2.45 bits per heavy atom. The molecule has 0 bridgehead atoms. The van der Waals surface area contributed by atoms with Crippen LogP contribution in [0.4, 0.5) is 0 Å². The van der Waals surface area contributed by atoms with Crippen LogP contribution in [-0.2, 0) is 12.8 Å². The second-order valence-electron chi connectivity index (χ2n) is 5.44. The molecule has 0 aliphatic heterocycles. The maximum atomic E-state index is 4.35. The zero-order chi connectivity index (χ0) is 15.1. The lowest BCUT2D eigenvalue weighted by atomic mass is 10.2. The molecule has 2 aromatic heterocycles. The summed E-state index contributed by atoms with van der Waals surface area (Å²) in [5.74, 6) is 1.78. The minimum atomic E-state index is 0.882. The molecular weight excluding hydrogens is 292 g/mol. The highest BCUT2D eigenvalue weighted by Gasteiger charge is 2.14. The number of aromatic nitrogens is 4. The fourth-order valence-electron chi connectivity index (χ4n) is 2.66. The van der Waals surface area contributed by atoms with Gasteiger partial charge in [0.1, 0.15) is 0 Å². The van der Waals surface area contributed by atoms with Gasteiger partial charge in [0, 0.05) is 12.8 Å². The van der Waals surface area contributed by atoms with Crippen LogP contribution in [0.25, 0.3) is 16.8 Å². The molecule has 0 saturated carbocycles. The summed E-state index contributed by atoms with van der Waals surface area (Å²) in [4.78, 5) is 0. The third-order valence-electron chi connectivity index (χ3n) is 3.89. The van der Waals surface area contributed by atoms with E-state index in [2.05, 4.69) is 68.6 Å². The molecular formula is C17H16N4S. The Labute approximate surface area is 132 Å². The van der Waals surface area contributed by atoms with Crippen molar-refractivity contribution in [1.82, 2.24) is 19.2 Å². The standard InChI is InChI=1S/C17H16N4S/c1-12-7-9-13(10-8-12)11-22-17-19-18-16-20(2)14-5-3-4-6-15(14)21(16)17/h3-10H,11H2,1-2H3. The van der Waals surface area contributed by atoms with Gasteiger partial charge in [0.2, 0.25) is 5.78 Å². The first-order chi connectivity index (χ1) is 10.7. The molecule has 0 aliphatic rings. The fourth-order valence-corrected chi connectivity index (χ4v) is 3.56. The summed E-state index contributed by atoms with van der Waals surface area (Å²) in [5, 5.41) is 9.63. The molecule has 5 heteroatoms. The second-order valence-corrected chi connectivity index (χ2v) is 6.38. The number of aryl methyl sites for hydroxylation is 2. The maximum Gasteiger partial charge on any atom is 0.236 e. The van der Waals surface area contributed by atoms with Crippen LogP contribution in [0, 0.1) is 6.92 Å². The first kappa shape index (κ1) is 13.4. The molecule has 0 unspecified atom stereocenters. The van der Waals surface area contributed by atoms with Gasteiger partial charge in [0.05, 0.1) is 11.0 Å². The summed E-state index contributed by atoms with van der Waals surface area (Å²) >= 11 is 1.72. The lowest BCUT2D eigenvalue weighted by molar-refractivity contribution is 0.936. The number of hydrogen-bond acceptors (Lipinski definition) is 3. The van der Waals surface area contributed by atoms with Crippen LogP contribution in [0.2, 0.25) is 0 Å². The van der Waals surface area contributed by atoms with Crippen LogP contribution in [0.5, 0.6) is 0 Å². The Hall–Kier alpha value is -2.27. The molecule has 4 rings (SSSR count). The van der Waals surface area contributed by atoms with Gasteiger partial charge in [-0.15, -0.1) is 10.2 Å². The van der Waals surface area contributed by atoms with E-state index in [1.54, 1.807) is 11.8 Å². The van der Waals surface area contributed by atoms with Crippen LogP contribution < -0.4 is 0 Å². The van der Waals surface area contributed by atoms with E-state index in [4.69, 9.17) is 0 Å². The van der Waals surface area contributed by atoms with Crippen LogP contribution in [0.3, 0.4) is 0 Å². The summed E-state index contributed by atoms with van der Waals surface area (Å²) in [6.07, 6.45) is 0. The first-order valence-electron chi connectivity index (χ1n) is 7.21. The number of rotatable bonds is 3. The topological polar surface area (TPSA) is 35.1 Å². The number of thioether (sulfide) groups is 1. The molecule has 0 fully saturated rings. The van der Waals surface area contributed by atoms with Gasteiger partial charge < -0.3 is 4.57 Å². The minimum absolute atomic E-state index is 0.882. The minimum Gasteiger partial charge on any atom is -0.311 e. The second kappa shape index (κ2) is 5.18. The van der Waals surface area contributed by atoms with Crippen LogP contribution >= 0.6 is 11.8 Å². The summed E-state index contributed by atoms with van der Waals surface area (Å²) in [6, 6.07) is 17.0. The lowest BCUT2D eigenvalue weighted by Gasteiger charge is -2.01. The Balaban J connectivity index is 1.73. The van der Waals surface area contributed by atoms with E-state index < -0.39 is 0 Å². The number of fused-ring (bicyclic) bond motifs is 3. The van der Waals surface area contributed by atoms with Gasteiger partial charge >= 0.3 is 0 Å². The number of benzene rings is 2. The maximum absolute atomic E-state index is 4.35. The van der Waals surface area contributed by atoms with Crippen molar-refractivity contribution < 1.29 is 0 Å². The molecule has 0 radical (unpaired) electrons. The van der Waals surface area contributed by atoms with Crippen LogP contribution in [-0.4, -0.2) is 19.2 Å². The van der Waals surface area contributed by atoms with Gasteiger partial charge in [0.25, 0.3) is 0 Å². The third kappa shape index (κ3) is 2.09. The molecule has 0 atom stereocenters. The third-order valence-corrected chi connectivity index (χ3v) is 4.89. The van der Waals surface area contributed by atoms with E-state index in [1.165, 1.54) is 16.6 Å². The Kier molecular flexibility index (Phi) is 3.15. The van der Waals surface area contributed by atoms with Crippen LogP contribution in [0.15, 0.2) is 53.7 Å². The molecule has 22 heavy (non-hydrogen) atoms. The molecule has 0 N–H and O–H groups in total. The quantitative estimate of drug-likeness (QED) is 0.540. The van der Waals surface area contributed by atoms with Crippen molar-refractivity contribution in [1.29, 1.82) is 0 Å². The molecule has 0 amide bonds. The highest BCUT2D eigenvalue weighted by molar-refractivity contribution is 7.98. The Bertz CT molecular complexity index is 950. The Morgan fingerprint density at radius 1 is 0.955 bits per heavy atom. The highest BCUT2D eigenvalue weighted by Crippen LogP contribution is 2.27. The van der Waals surface area contributed by atoms with Gasteiger partial charge in [-0.05, 0) is 24.6 Å². The summed E-state index contributed by atoms with van der Waals surface area (Å²) in [5.41, 5.74) is 4.90. The predicted molar refractivity (Wildman–Crippen MR) is 90.2 cm³/mol. The van der Waals surface area contributed by atoms with Gasteiger partial charge in [-0.2, -0.15) is 0 Å². The summed E-state index contributed by atoms with van der Waals surface area (Å²) in [6.45, 7) is 2.11. The van der Waals surface area contributed by atoms with Gasteiger partial charge in [-0.3, -0.25) is 4.40 Å². The fraction of sp³-hybridized carbons (Fsp3) is 0.176. The Morgan fingerprint density at radius 2 is 1.68 bits per heavy atom. The average Bonchev–Trinajstić information content (AvgIpc) is 3.08. The summed E-state index contributed by atoms with van der Waals surface area (Å²) in [7, 11) is 2.03. The largest absolute Gasteiger partial charge is 0.311 e. The monoisotopic (exact) mass is 308 g/mol. The van der Waals surface area contributed by atoms with Crippen molar-refractivity contribution in [3.8, 4) is 0 Å². The number of imidazole rings is 1. The smallest absolute Gasteiger partial charge is 0.236 e. The predicted octanol–water partition coefficient (Wildman–Crippen LogP) is 3.82. The molecule has 4 nitrogen and oxygen atoms in total. The van der Waals surface area contributed by atoms with Gasteiger partial charge in [0.15, 0.2) is 5.16 Å². The van der Waals surface area contributed by atoms with E-state index in [-0.39, 0.29) is 0 Å². The zero-order valence-corrected chi connectivity index (χ0v) is 13.3. The summed E-state index contributed by atoms with van der Waals surface area (Å²) < 4.78 is 4.21. The molecule has 110 valence electrons. The highest BCUT2D eigenvalue weighted by atomic mass is 32.2. The molecule has 0 spiro atoms. The van der Waals surface area contributed by atoms with Crippen molar-refractivity contribution >= 4 is 28.6 Å². The van der Waals surface area contributed by atoms with Crippen LogP contribution in [0.1, 0.15) is 11.1 Å². The van der Waals surface area contributed by atoms with Crippen molar-refractivity contribution in [2.24, 2.45) is 7.05 Å². The van der Waals surface area contributed by atoms with E-state index in [0.29, 0.717) is 0 Å². The SMILES string of the molecule is Cc1ccc(CSc2nnc3n(C)c4ccccc4n23)cc1. The van der Waals surface area contributed by atoms with Gasteiger partial charge in [-0.1, -0.05) is 53.7 Å². The molecule has 0 aliphatic carbocycles.